The Balaban J connectivity index is 4.12. The highest BCUT2D eigenvalue weighted by molar-refractivity contribution is 5.71. The molecule has 0 rings (SSSR count). The maximum absolute atomic E-state index is 12.8. The van der Waals surface area contributed by atoms with E-state index in [-0.39, 0.29) is 31.1 Å². The van der Waals surface area contributed by atoms with Gasteiger partial charge in [-0.1, -0.05) is 264 Å². The molecule has 0 aromatic heterocycles. The van der Waals surface area contributed by atoms with E-state index in [1.807, 2.05) is 0 Å². The molecule has 0 aliphatic carbocycles. The van der Waals surface area contributed by atoms with Crippen LogP contribution < -0.4 is 0 Å². The molecule has 75 heavy (non-hydrogen) atoms. The second-order valence-electron chi connectivity index (χ2n) is 19.9. The molecule has 0 spiro atoms. The van der Waals surface area contributed by atoms with Gasteiger partial charge in [-0.25, -0.2) is 0 Å². The predicted molar refractivity (Wildman–Crippen MR) is 325 cm³/mol. The molecule has 0 N–H and O–H groups in total. The smallest absolute Gasteiger partial charge is 0.306 e. The number of ether oxygens (including phenoxy) is 3. The molecule has 0 fully saturated rings. The zero-order valence-electron chi connectivity index (χ0n) is 48.5. The van der Waals surface area contributed by atoms with E-state index in [1.165, 1.54) is 70.6 Å². The Morgan fingerprint density at radius 1 is 0.280 bits per heavy atom. The summed E-state index contributed by atoms with van der Waals surface area (Å²) in [5, 5.41) is 0. The van der Waals surface area contributed by atoms with E-state index in [0.717, 1.165) is 154 Å². The van der Waals surface area contributed by atoms with Gasteiger partial charge < -0.3 is 14.2 Å². The first kappa shape index (κ1) is 70.5. The van der Waals surface area contributed by atoms with Crippen LogP contribution in [0.2, 0.25) is 0 Å². The Kier molecular flexibility index (Phi) is 58.4. The minimum Gasteiger partial charge on any atom is -0.462 e. The van der Waals surface area contributed by atoms with Gasteiger partial charge in [-0.3, -0.25) is 14.4 Å². The zero-order chi connectivity index (χ0) is 54.3. The summed E-state index contributed by atoms with van der Waals surface area (Å²) in [6.45, 7) is 6.30. The molecular weight excluding hydrogens is 925 g/mol. The summed E-state index contributed by atoms with van der Waals surface area (Å²) >= 11 is 0. The van der Waals surface area contributed by atoms with E-state index in [0.29, 0.717) is 19.3 Å². The van der Waals surface area contributed by atoms with Crippen molar-refractivity contribution < 1.29 is 28.6 Å². The molecule has 1 atom stereocenters. The van der Waals surface area contributed by atoms with E-state index in [4.69, 9.17) is 14.2 Å². The first-order valence-electron chi connectivity index (χ1n) is 30.7. The van der Waals surface area contributed by atoms with Crippen molar-refractivity contribution in [3.63, 3.8) is 0 Å². The minimum absolute atomic E-state index is 0.0919. The molecule has 424 valence electrons. The van der Waals surface area contributed by atoms with Crippen LogP contribution in [-0.4, -0.2) is 37.2 Å². The van der Waals surface area contributed by atoms with E-state index in [2.05, 4.69) is 154 Å². The van der Waals surface area contributed by atoms with Crippen LogP contribution in [-0.2, 0) is 28.6 Å². The fourth-order valence-electron chi connectivity index (χ4n) is 8.12. The lowest BCUT2D eigenvalue weighted by atomic mass is 10.0. The summed E-state index contributed by atoms with van der Waals surface area (Å²) in [7, 11) is 0. The highest BCUT2D eigenvalue weighted by atomic mass is 16.6. The van der Waals surface area contributed by atoms with Crippen LogP contribution >= 0.6 is 0 Å². The molecule has 6 heteroatoms. The molecule has 0 amide bonds. The van der Waals surface area contributed by atoms with Gasteiger partial charge in [0.05, 0.1) is 0 Å². The highest BCUT2D eigenvalue weighted by Gasteiger charge is 2.19. The van der Waals surface area contributed by atoms with Crippen LogP contribution in [0.4, 0.5) is 0 Å². The Hall–Kier alpha value is -4.45. The molecule has 6 nitrogen and oxygen atoms in total. The van der Waals surface area contributed by atoms with Gasteiger partial charge in [0.25, 0.3) is 0 Å². The monoisotopic (exact) mass is 1040 g/mol. The van der Waals surface area contributed by atoms with E-state index < -0.39 is 6.10 Å². The minimum atomic E-state index is -0.793. The fourth-order valence-corrected chi connectivity index (χ4v) is 8.12. The molecule has 0 radical (unpaired) electrons. The van der Waals surface area contributed by atoms with Crippen molar-refractivity contribution in [2.45, 2.75) is 271 Å². The lowest BCUT2D eigenvalue weighted by Crippen LogP contribution is -2.30. The fraction of sp³-hybridized carbons (Fsp3) is 0.638. The topological polar surface area (TPSA) is 78.9 Å². The van der Waals surface area contributed by atoms with Crippen LogP contribution in [0.25, 0.3) is 0 Å². The Bertz CT molecular complexity index is 1620. The van der Waals surface area contributed by atoms with Crippen LogP contribution in [0.15, 0.2) is 134 Å². The third-order valence-corrected chi connectivity index (χ3v) is 12.7. The maximum atomic E-state index is 12.8. The third-order valence-electron chi connectivity index (χ3n) is 12.7. The molecule has 0 aliphatic rings. The van der Waals surface area contributed by atoms with Gasteiger partial charge in [0.1, 0.15) is 13.2 Å². The van der Waals surface area contributed by atoms with Gasteiger partial charge in [-0.2, -0.15) is 0 Å². The first-order valence-corrected chi connectivity index (χ1v) is 30.7. The lowest BCUT2D eigenvalue weighted by Gasteiger charge is -2.18. The predicted octanol–water partition coefficient (Wildman–Crippen LogP) is 21.0. The molecule has 1 unspecified atom stereocenters. The van der Waals surface area contributed by atoms with Crippen molar-refractivity contribution in [1.82, 2.24) is 0 Å². The van der Waals surface area contributed by atoms with Crippen molar-refractivity contribution in [1.29, 1.82) is 0 Å². The average molecular weight is 1040 g/mol. The highest BCUT2D eigenvalue weighted by Crippen LogP contribution is 2.15. The standard InChI is InChI=1S/C69H112O6/c1-4-7-10-13-15-17-19-21-23-25-27-29-31-32-33-34-35-36-38-39-41-43-45-47-49-51-53-56-59-62-68(71)74-65-66(64-73-67(70)61-58-55-12-9-6-3)75-69(72)63-60-57-54-52-50-48-46-44-42-40-37-30-28-26-24-22-20-18-16-14-11-8-5-2/h7-8,10-11,15-18,21-24,27-30,32-33,40,42,46,48,66H,4-6,9,12-14,19-20,25-26,31,34-39,41,43-45,47,49-65H2,1-3H3/b10-7-,11-8-,17-15-,18-16-,23-21-,24-22-,29-27-,30-28-,33-32-,42-40-,48-46-. The third kappa shape index (κ3) is 60.3. The summed E-state index contributed by atoms with van der Waals surface area (Å²) in [5.41, 5.74) is 0. The quantitative estimate of drug-likeness (QED) is 0.0261. The number of esters is 3. The molecule has 0 bridgehead atoms. The number of rotatable bonds is 54. The molecule has 0 aromatic rings. The molecule has 0 aliphatic heterocycles. The molecule has 0 saturated carbocycles. The second kappa shape index (κ2) is 62.1. The molecular formula is C69H112O6. The Morgan fingerprint density at radius 2 is 0.520 bits per heavy atom. The van der Waals surface area contributed by atoms with Crippen molar-refractivity contribution in [3.8, 4) is 0 Å². The Morgan fingerprint density at radius 3 is 0.813 bits per heavy atom. The van der Waals surface area contributed by atoms with Crippen molar-refractivity contribution in [2.75, 3.05) is 13.2 Å². The number of hydrogen-bond acceptors (Lipinski definition) is 6. The second-order valence-corrected chi connectivity index (χ2v) is 19.9. The lowest BCUT2D eigenvalue weighted by molar-refractivity contribution is -0.167. The van der Waals surface area contributed by atoms with Crippen LogP contribution in [0.1, 0.15) is 265 Å². The van der Waals surface area contributed by atoms with Gasteiger partial charge >= 0.3 is 17.9 Å². The van der Waals surface area contributed by atoms with Gasteiger partial charge in [-0.15, -0.1) is 0 Å². The van der Waals surface area contributed by atoms with Crippen LogP contribution in [0.5, 0.6) is 0 Å². The number of carbonyl (C=O) groups is 3. The summed E-state index contributed by atoms with van der Waals surface area (Å²) in [6.07, 6.45) is 87.8. The average Bonchev–Trinajstić information content (AvgIpc) is 3.41. The summed E-state index contributed by atoms with van der Waals surface area (Å²) in [5.74, 6) is -0.933. The summed E-state index contributed by atoms with van der Waals surface area (Å²) in [6, 6.07) is 0. The normalized spacial score (nSPS) is 13.1. The summed E-state index contributed by atoms with van der Waals surface area (Å²) in [4.78, 5) is 37.9. The number of hydrogen-bond donors (Lipinski definition) is 0. The largest absolute Gasteiger partial charge is 0.462 e. The van der Waals surface area contributed by atoms with E-state index >= 15 is 0 Å². The van der Waals surface area contributed by atoms with Crippen molar-refractivity contribution in [3.05, 3.63) is 134 Å². The first-order chi connectivity index (χ1) is 37.0. The van der Waals surface area contributed by atoms with Crippen molar-refractivity contribution in [2.24, 2.45) is 0 Å². The van der Waals surface area contributed by atoms with Gasteiger partial charge in [0, 0.05) is 19.3 Å². The SMILES string of the molecule is CC/C=C\C/C=C\C/C=C\C/C=C\C/C=C\C/C=C\CCCCCCC(=O)OC(COC(=O)CCCCCCC)COC(=O)CCCCCCCCCCCCCCC/C=C\C/C=C\C/C=C\C/C=C\C/C=C\CC. The Labute approximate surface area is 462 Å². The van der Waals surface area contributed by atoms with Gasteiger partial charge in [0.2, 0.25) is 0 Å². The van der Waals surface area contributed by atoms with E-state index in [1.54, 1.807) is 0 Å². The molecule has 0 heterocycles. The number of carbonyl (C=O) groups excluding carboxylic acids is 3. The maximum Gasteiger partial charge on any atom is 0.306 e. The van der Waals surface area contributed by atoms with Crippen LogP contribution in [0, 0.1) is 0 Å². The van der Waals surface area contributed by atoms with Gasteiger partial charge in [0.15, 0.2) is 6.10 Å². The number of unbranched alkanes of at least 4 members (excludes halogenated alkanes) is 21. The van der Waals surface area contributed by atoms with E-state index in [9.17, 15) is 14.4 Å². The zero-order valence-corrected chi connectivity index (χ0v) is 48.5. The summed E-state index contributed by atoms with van der Waals surface area (Å²) < 4.78 is 16.7. The number of allylic oxidation sites excluding steroid dienone is 22. The van der Waals surface area contributed by atoms with Crippen molar-refractivity contribution >= 4 is 17.9 Å². The molecule has 0 saturated heterocycles. The van der Waals surface area contributed by atoms with Gasteiger partial charge in [-0.05, 0) is 116 Å². The van der Waals surface area contributed by atoms with Crippen LogP contribution in [0.3, 0.4) is 0 Å². The molecule has 0 aromatic carbocycles.